The molecule has 3 amide bonds. The zero-order valence-electron chi connectivity index (χ0n) is 22.4. The van der Waals surface area contributed by atoms with E-state index in [1.807, 2.05) is 36.0 Å². The van der Waals surface area contributed by atoms with E-state index in [9.17, 15) is 9.59 Å². The number of urea groups is 1. The smallest absolute Gasteiger partial charge is 0.327 e. The number of amides is 3. The maximum atomic E-state index is 13.6. The molecule has 0 atom stereocenters. The summed E-state index contributed by atoms with van der Waals surface area (Å²) in [6, 6.07) is 3.80. The van der Waals surface area contributed by atoms with E-state index in [1.54, 1.807) is 21.3 Å². The highest BCUT2D eigenvalue weighted by molar-refractivity contribution is 6.07. The van der Waals surface area contributed by atoms with Gasteiger partial charge in [0.1, 0.15) is 5.54 Å². The highest BCUT2D eigenvalue weighted by atomic mass is 16.5. The summed E-state index contributed by atoms with van der Waals surface area (Å²) in [5.41, 5.74) is 0.318. The standard InChI is InChI=1S/C26H42N4O5/c1-19(2)8-11-30-25(32)29(15-14-27(3)4)24(31)26(30)9-12-28(13-10-26)18-20-16-21(33-5)23(35-7)22(17-20)34-6/h16-17,19H,8-15,18H2,1-7H3. The molecule has 1 spiro atoms. The van der Waals surface area contributed by atoms with Crippen molar-refractivity contribution in [3.8, 4) is 17.2 Å². The van der Waals surface area contributed by atoms with Crippen molar-refractivity contribution >= 4 is 11.9 Å². The highest BCUT2D eigenvalue weighted by Gasteiger charge is 2.57. The van der Waals surface area contributed by atoms with Gasteiger partial charge in [-0.2, -0.15) is 0 Å². The predicted octanol–water partition coefficient (Wildman–Crippen LogP) is 2.92. The Morgan fingerprint density at radius 1 is 0.971 bits per heavy atom. The van der Waals surface area contributed by atoms with Gasteiger partial charge >= 0.3 is 6.03 Å². The molecule has 0 N–H and O–H groups in total. The summed E-state index contributed by atoms with van der Waals surface area (Å²) in [7, 11) is 8.74. The molecular formula is C26H42N4O5. The molecule has 0 aliphatic carbocycles. The topological polar surface area (TPSA) is 74.8 Å². The van der Waals surface area contributed by atoms with Gasteiger partial charge in [-0.1, -0.05) is 13.8 Å². The van der Waals surface area contributed by atoms with Crippen molar-refractivity contribution < 1.29 is 23.8 Å². The lowest BCUT2D eigenvalue weighted by Gasteiger charge is -2.42. The average Bonchev–Trinajstić information content (AvgIpc) is 3.02. The fraction of sp³-hybridized carbons (Fsp3) is 0.692. The number of likely N-dealkylation sites (tertiary alicyclic amines) is 1. The van der Waals surface area contributed by atoms with Gasteiger partial charge in [-0.25, -0.2) is 4.79 Å². The number of carbonyl (C=O) groups is 2. The van der Waals surface area contributed by atoms with Crippen molar-refractivity contribution in [3.63, 3.8) is 0 Å². The number of likely N-dealkylation sites (N-methyl/N-ethyl adjacent to an activating group) is 1. The quantitative estimate of drug-likeness (QED) is 0.442. The number of nitrogens with zero attached hydrogens (tertiary/aromatic N) is 4. The monoisotopic (exact) mass is 490 g/mol. The van der Waals surface area contributed by atoms with Crippen molar-refractivity contribution in [1.82, 2.24) is 19.6 Å². The molecular weight excluding hydrogens is 448 g/mol. The van der Waals surface area contributed by atoms with Crippen molar-refractivity contribution in [2.45, 2.75) is 45.2 Å². The zero-order chi connectivity index (χ0) is 25.8. The number of benzene rings is 1. The summed E-state index contributed by atoms with van der Waals surface area (Å²) in [5, 5.41) is 0. The van der Waals surface area contributed by atoms with Crippen LogP contribution in [0.2, 0.25) is 0 Å². The Bertz CT molecular complexity index is 871. The summed E-state index contributed by atoms with van der Waals surface area (Å²) in [4.78, 5) is 34.7. The Balaban J connectivity index is 1.76. The predicted molar refractivity (Wildman–Crippen MR) is 135 cm³/mol. The Kier molecular flexibility index (Phi) is 8.88. The lowest BCUT2D eigenvalue weighted by atomic mass is 9.85. The summed E-state index contributed by atoms with van der Waals surface area (Å²) >= 11 is 0. The van der Waals surface area contributed by atoms with Crippen LogP contribution in [0.5, 0.6) is 17.2 Å². The van der Waals surface area contributed by atoms with Crippen molar-refractivity contribution in [2.24, 2.45) is 5.92 Å². The first-order valence-corrected chi connectivity index (χ1v) is 12.5. The van der Waals surface area contributed by atoms with E-state index >= 15 is 0 Å². The van der Waals surface area contributed by atoms with Crippen LogP contribution in [0, 0.1) is 5.92 Å². The first kappa shape index (κ1) is 27.1. The third-order valence-corrected chi connectivity index (χ3v) is 7.14. The van der Waals surface area contributed by atoms with Crippen molar-refractivity contribution in [2.75, 3.05) is 68.1 Å². The van der Waals surface area contributed by atoms with E-state index in [4.69, 9.17) is 14.2 Å². The molecule has 3 rings (SSSR count). The Labute approximate surface area is 209 Å². The van der Waals surface area contributed by atoms with E-state index in [0.29, 0.717) is 62.2 Å². The molecule has 9 heteroatoms. The molecule has 2 fully saturated rings. The molecule has 2 aliphatic rings. The lowest BCUT2D eigenvalue weighted by molar-refractivity contribution is -0.135. The van der Waals surface area contributed by atoms with E-state index in [2.05, 4.69) is 18.7 Å². The van der Waals surface area contributed by atoms with Crippen molar-refractivity contribution in [1.29, 1.82) is 0 Å². The minimum absolute atomic E-state index is 0.0273. The van der Waals surface area contributed by atoms with Crippen LogP contribution < -0.4 is 14.2 Å². The molecule has 2 aliphatic heterocycles. The van der Waals surface area contributed by atoms with Gasteiger partial charge in [0, 0.05) is 39.3 Å². The number of hydrogen-bond donors (Lipinski definition) is 0. The van der Waals surface area contributed by atoms with Gasteiger partial charge in [-0.05, 0) is 57.0 Å². The SMILES string of the molecule is COc1cc(CN2CCC3(CC2)C(=O)N(CCN(C)C)C(=O)N3CCC(C)C)cc(OC)c1OC. The number of methoxy groups -OCH3 is 3. The molecule has 2 saturated heterocycles. The molecule has 0 aromatic heterocycles. The van der Waals surface area contributed by atoms with Crippen LogP contribution in [-0.4, -0.2) is 105 Å². The number of piperidine rings is 1. The lowest BCUT2D eigenvalue weighted by Crippen LogP contribution is -2.56. The first-order chi connectivity index (χ1) is 16.7. The highest BCUT2D eigenvalue weighted by Crippen LogP contribution is 2.40. The minimum atomic E-state index is -0.732. The zero-order valence-corrected chi connectivity index (χ0v) is 22.4. The Hall–Kier alpha value is -2.52. The maximum Gasteiger partial charge on any atom is 0.327 e. The van der Waals surface area contributed by atoms with Gasteiger partial charge in [0.2, 0.25) is 5.75 Å². The summed E-state index contributed by atoms with van der Waals surface area (Å²) in [6.45, 7) is 8.18. The minimum Gasteiger partial charge on any atom is -0.493 e. The Morgan fingerprint density at radius 2 is 1.57 bits per heavy atom. The van der Waals surface area contributed by atoms with Crippen molar-refractivity contribution in [3.05, 3.63) is 17.7 Å². The van der Waals surface area contributed by atoms with Gasteiger partial charge in [-0.3, -0.25) is 14.6 Å². The van der Waals surface area contributed by atoms with Crippen LogP contribution >= 0.6 is 0 Å². The molecule has 9 nitrogen and oxygen atoms in total. The number of imide groups is 1. The molecule has 0 radical (unpaired) electrons. The molecule has 1 aromatic rings. The third kappa shape index (κ3) is 5.67. The Morgan fingerprint density at radius 3 is 2.06 bits per heavy atom. The molecule has 196 valence electrons. The molecule has 35 heavy (non-hydrogen) atoms. The van der Waals surface area contributed by atoms with Gasteiger partial charge in [0.15, 0.2) is 11.5 Å². The second-order valence-electron chi connectivity index (χ2n) is 10.2. The van der Waals surface area contributed by atoms with E-state index in [1.165, 1.54) is 4.90 Å². The largest absolute Gasteiger partial charge is 0.493 e. The second kappa shape index (κ2) is 11.5. The van der Waals surface area contributed by atoms with E-state index < -0.39 is 5.54 Å². The molecule has 2 heterocycles. The summed E-state index contributed by atoms with van der Waals surface area (Å²) in [5.74, 6) is 2.27. The average molecular weight is 491 g/mol. The van der Waals surface area contributed by atoms with Crippen LogP contribution in [0.1, 0.15) is 38.7 Å². The summed E-state index contributed by atoms with van der Waals surface area (Å²) < 4.78 is 16.4. The molecule has 0 saturated carbocycles. The van der Waals surface area contributed by atoms with Crippen LogP contribution in [0.3, 0.4) is 0 Å². The fourth-order valence-corrected chi connectivity index (χ4v) is 5.03. The molecule has 0 bridgehead atoms. The molecule has 0 unspecified atom stereocenters. The summed E-state index contributed by atoms with van der Waals surface area (Å²) in [6.07, 6.45) is 2.16. The first-order valence-electron chi connectivity index (χ1n) is 12.5. The van der Waals surface area contributed by atoms with E-state index in [0.717, 1.165) is 25.1 Å². The third-order valence-electron chi connectivity index (χ3n) is 7.14. The van der Waals surface area contributed by atoms with Gasteiger partial charge in [-0.15, -0.1) is 0 Å². The fourth-order valence-electron chi connectivity index (χ4n) is 5.03. The normalized spacial score (nSPS) is 18.3. The number of carbonyl (C=O) groups excluding carboxylic acids is 2. The molecule has 1 aromatic carbocycles. The van der Waals surface area contributed by atoms with Crippen LogP contribution in [0.4, 0.5) is 4.79 Å². The number of hydrogen-bond acceptors (Lipinski definition) is 7. The van der Waals surface area contributed by atoms with Crippen LogP contribution in [0.15, 0.2) is 12.1 Å². The number of ether oxygens (including phenoxy) is 3. The second-order valence-corrected chi connectivity index (χ2v) is 10.2. The number of rotatable bonds is 11. The van der Waals surface area contributed by atoms with Gasteiger partial charge < -0.3 is 24.0 Å². The van der Waals surface area contributed by atoms with E-state index in [-0.39, 0.29) is 11.9 Å². The van der Waals surface area contributed by atoms with Gasteiger partial charge in [0.05, 0.1) is 21.3 Å². The van der Waals surface area contributed by atoms with Crippen LogP contribution in [0.25, 0.3) is 0 Å². The maximum absolute atomic E-state index is 13.6. The van der Waals surface area contributed by atoms with Gasteiger partial charge in [0.25, 0.3) is 5.91 Å². The van der Waals surface area contributed by atoms with Crippen LogP contribution in [-0.2, 0) is 11.3 Å².